The molecular weight excluding hydrogens is 280 g/mol. The van der Waals surface area contributed by atoms with Crippen molar-refractivity contribution < 1.29 is 17.9 Å². The van der Waals surface area contributed by atoms with Crippen LogP contribution in [0.4, 0.5) is 0 Å². The lowest BCUT2D eigenvalue weighted by molar-refractivity contribution is 0.0476. The van der Waals surface area contributed by atoms with Crippen molar-refractivity contribution in [1.29, 1.82) is 0 Å². The Hall–Kier alpha value is -1.08. The summed E-state index contributed by atoms with van der Waals surface area (Å²) >= 11 is 0. The lowest BCUT2D eigenvalue weighted by Gasteiger charge is -2.05. The molecule has 18 heavy (non-hydrogen) atoms. The van der Waals surface area contributed by atoms with E-state index >= 15 is 0 Å². The van der Waals surface area contributed by atoms with E-state index in [1.807, 2.05) is 13.8 Å². The minimum absolute atomic E-state index is 0.209. The molecule has 0 bridgehead atoms. The Labute approximate surface area is 110 Å². The van der Waals surface area contributed by atoms with E-state index in [0.717, 1.165) is 0 Å². The summed E-state index contributed by atoms with van der Waals surface area (Å²) < 4.78 is 27.6. The van der Waals surface area contributed by atoms with Gasteiger partial charge in [0.15, 0.2) is 5.69 Å². The van der Waals surface area contributed by atoms with Crippen LogP contribution in [-0.4, -0.2) is 31.2 Å². The highest BCUT2D eigenvalue weighted by molar-refractivity contribution is 8.13. The fourth-order valence-electron chi connectivity index (χ4n) is 1.31. The fraction of sp³-hybridized carbons (Fsp3) is 0.600. The second-order valence-corrected chi connectivity index (χ2v) is 6.79. The molecule has 0 saturated carbocycles. The van der Waals surface area contributed by atoms with Crippen molar-refractivity contribution >= 4 is 25.7 Å². The average Bonchev–Trinajstić information content (AvgIpc) is 2.58. The fourth-order valence-corrected chi connectivity index (χ4v) is 2.65. The molecule has 102 valence electrons. The molecule has 0 saturated heterocycles. The quantitative estimate of drug-likeness (QED) is 0.661. The molecule has 1 aromatic heterocycles. The monoisotopic (exact) mass is 294 g/mol. The highest BCUT2D eigenvalue weighted by Crippen LogP contribution is 2.22. The molecular formula is C10H15ClN2O4S. The summed E-state index contributed by atoms with van der Waals surface area (Å²) in [5.74, 6) is -0.408. The first kappa shape index (κ1) is 15.0. The van der Waals surface area contributed by atoms with Crippen LogP contribution in [0.1, 0.15) is 36.5 Å². The first-order valence-electron chi connectivity index (χ1n) is 5.40. The van der Waals surface area contributed by atoms with Crippen molar-refractivity contribution in [3.8, 4) is 0 Å². The van der Waals surface area contributed by atoms with Gasteiger partial charge in [0.05, 0.1) is 12.3 Å². The van der Waals surface area contributed by atoms with E-state index in [-0.39, 0.29) is 22.9 Å². The minimum Gasteiger partial charge on any atom is -0.461 e. The smallest absolute Gasteiger partial charge is 0.360 e. The number of rotatable bonds is 5. The van der Waals surface area contributed by atoms with Gasteiger partial charge >= 0.3 is 5.97 Å². The zero-order chi connectivity index (χ0) is 13.9. The zero-order valence-electron chi connectivity index (χ0n) is 10.4. The number of aromatic amines is 1. The number of carbonyl (C=O) groups is 1. The van der Waals surface area contributed by atoms with Crippen molar-refractivity contribution in [2.75, 3.05) is 6.61 Å². The number of hydrogen-bond donors (Lipinski definition) is 1. The third-order valence-corrected chi connectivity index (χ3v) is 3.71. The minimum atomic E-state index is -4.03. The van der Waals surface area contributed by atoms with Gasteiger partial charge in [-0.25, -0.2) is 13.2 Å². The maximum absolute atomic E-state index is 11.7. The Morgan fingerprint density at radius 3 is 2.61 bits per heavy atom. The summed E-state index contributed by atoms with van der Waals surface area (Å²) in [7, 11) is 1.21. The summed E-state index contributed by atoms with van der Waals surface area (Å²) in [5, 5.41) is 6.03. The number of esters is 1. The van der Waals surface area contributed by atoms with Gasteiger partial charge in [0, 0.05) is 10.7 Å². The van der Waals surface area contributed by atoms with Crippen molar-refractivity contribution in [3.63, 3.8) is 0 Å². The molecule has 6 nitrogen and oxygen atoms in total. The number of aryl methyl sites for hydroxylation is 1. The Bertz CT molecular complexity index is 536. The molecule has 0 fully saturated rings. The number of halogens is 1. The van der Waals surface area contributed by atoms with Crippen LogP contribution in [0.25, 0.3) is 0 Å². The number of H-pyrrole nitrogens is 1. The van der Waals surface area contributed by atoms with Crippen LogP contribution < -0.4 is 0 Å². The molecule has 0 radical (unpaired) electrons. The van der Waals surface area contributed by atoms with Gasteiger partial charge in [0.1, 0.15) is 4.90 Å². The van der Waals surface area contributed by atoms with Gasteiger partial charge in [0.25, 0.3) is 9.05 Å². The molecule has 1 rings (SSSR count). The molecule has 1 aromatic rings. The third kappa shape index (κ3) is 3.71. The molecule has 0 spiro atoms. The SMILES string of the molecule is Cc1[nH]nc(C(=O)OCCC(C)C)c1S(=O)(=O)Cl. The van der Waals surface area contributed by atoms with E-state index in [1.54, 1.807) is 0 Å². The van der Waals surface area contributed by atoms with Gasteiger partial charge in [-0.05, 0) is 19.3 Å². The van der Waals surface area contributed by atoms with Crippen LogP contribution in [0.15, 0.2) is 4.90 Å². The predicted molar refractivity (Wildman–Crippen MR) is 66.1 cm³/mol. The summed E-state index contributed by atoms with van der Waals surface area (Å²) in [5.41, 5.74) is -0.0907. The second-order valence-electron chi connectivity index (χ2n) is 4.28. The summed E-state index contributed by atoms with van der Waals surface area (Å²) in [4.78, 5) is 11.4. The van der Waals surface area contributed by atoms with E-state index < -0.39 is 15.0 Å². The summed E-state index contributed by atoms with van der Waals surface area (Å²) in [6.45, 7) is 5.65. The molecule has 0 aliphatic rings. The Morgan fingerprint density at radius 2 is 2.11 bits per heavy atom. The van der Waals surface area contributed by atoms with Gasteiger partial charge < -0.3 is 4.74 Å². The lowest BCUT2D eigenvalue weighted by atomic mass is 10.1. The summed E-state index contributed by atoms with van der Waals surface area (Å²) in [6.07, 6.45) is 0.693. The Kier molecular flexibility index (Phi) is 4.75. The lowest BCUT2D eigenvalue weighted by Crippen LogP contribution is -2.11. The van der Waals surface area contributed by atoms with Crippen LogP contribution in [0, 0.1) is 12.8 Å². The molecule has 8 heteroatoms. The first-order chi connectivity index (χ1) is 8.23. The molecule has 1 heterocycles. The maximum Gasteiger partial charge on any atom is 0.360 e. The van der Waals surface area contributed by atoms with Gasteiger partial charge in [-0.1, -0.05) is 13.8 Å². The highest BCUT2D eigenvalue weighted by atomic mass is 35.7. The molecule has 0 aliphatic heterocycles. The van der Waals surface area contributed by atoms with E-state index in [0.29, 0.717) is 12.3 Å². The standard InChI is InChI=1S/C10H15ClN2O4S/c1-6(2)4-5-17-10(14)8-9(18(11,15)16)7(3)12-13-8/h6H,4-5H2,1-3H3,(H,12,13). The van der Waals surface area contributed by atoms with Crippen LogP contribution in [0.2, 0.25) is 0 Å². The summed E-state index contributed by atoms with van der Waals surface area (Å²) in [6, 6.07) is 0. The topological polar surface area (TPSA) is 89.1 Å². The molecule has 0 atom stereocenters. The van der Waals surface area contributed by atoms with Gasteiger partial charge in [-0.3, -0.25) is 5.10 Å². The van der Waals surface area contributed by atoms with Crippen molar-refractivity contribution in [2.24, 2.45) is 5.92 Å². The van der Waals surface area contributed by atoms with Gasteiger partial charge in [-0.15, -0.1) is 0 Å². The van der Waals surface area contributed by atoms with Gasteiger partial charge in [-0.2, -0.15) is 5.10 Å². The molecule has 1 N–H and O–H groups in total. The van der Waals surface area contributed by atoms with Crippen LogP contribution in [-0.2, 0) is 13.8 Å². The molecule has 0 amide bonds. The van der Waals surface area contributed by atoms with Gasteiger partial charge in [0.2, 0.25) is 0 Å². The Balaban J connectivity index is 2.88. The number of aromatic nitrogens is 2. The van der Waals surface area contributed by atoms with E-state index in [9.17, 15) is 13.2 Å². The maximum atomic E-state index is 11.7. The third-order valence-electron chi connectivity index (χ3n) is 2.26. The number of ether oxygens (including phenoxy) is 1. The van der Waals surface area contributed by atoms with Crippen molar-refractivity contribution in [1.82, 2.24) is 10.2 Å². The normalized spacial score (nSPS) is 11.8. The predicted octanol–water partition coefficient (Wildman–Crippen LogP) is 1.85. The van der Waals surface area contributed by atoms with Crippen LogP contribution in [0.5, 0.6) is 0 Å². The Morgan fingerprint density at radius 1 is 1.50 bits per heavy atom. The molecule has 0 aromatic carbocycles. The average molecular weight is 295 g/mol. The van der Waals surface area contributed by atoms with Crippen molar-refractivity contribution in [3.05, 3.63) is 11.4 Å². The van der Waals surface area contributed by atoms with Crippen LogP contribution in [0.3, 0.4) is 0 Å². The number of nitrogens with one attached hydrogen (secondary N) is 1. The number of hydrogen-bond acceptors (Lipinski definition) is 5. The van der Waals surface area contributed by atoms with Crippen molar-refractivity contribution in [2.45, 2.75) is 32.1 Å². The zero-order valence-corrected chi connectivity index (χ0v) is 11.9. The number of carbonyl (C=O) groups excluding carboxylic acids is 1. The second kappa shape index (κ2) is 5.71. The van der Waals surface area contributed by atoms with Crippen LogP contribution >= 0.6 is 10.7 Å². The molecule has 0 unspecified atom stereocenters. The van der Waals surface area contributed by atoms with E-state index in [2.05, 4.69) is 10.2 Å². The number of nitrogens with zero attached hydrogens (tertiary/aromatic N) is 1. The van der Waals surface area contributed by atoms with E-state index in [1.165, 1.54) is 6.92 Å². The largest absolute Gasteiger partial charge is 0.461 e. The first-order valence-corrected chi connectivity index (χ1v) is 7.71. The van der Waals surface area contributed by atoms with E-state index in [4.69, 9.17) is 15.4 Å². The molecule has 0 aliphatic carbocycles. The highest BCUT2D eigenvalue weighted by Gasteiger charge is 2.27.